The van der Waals surface area contributed by atoms with Crippen LogP contribution in [-0.2, 0) is 0 Å². The van der Waals surface area contributed by atoms with E-state index in [1.807, 2.05) is 0 Å². The van der Waals surface area contributed by atoms with Crippen LogP contribution in [0, 0.1) is 0 Å². The Labute approximate surface area is 90.8 Å². The summed E-state index contributed by atoms with van der Waals surface area (Å²) in [7, 11) is 0. The highest BCUT2D eigenvalue weighted by Crippen LogP contribution is 2.27. The van der Waals surface area contributed by atoms with E-state index in [1.54, 1.807) is 6.20 Å². The first-order chi connectivity index (χ1) is 6.74. The fraction of sp³-hybridized carbons (Fsp3) is 0.111. The van der Waals surface area contributed by atoms with Gasteiger partial charge in [0.25, 0.3) is 0 Å². The minimum absolute atomic E-state index is 0.359. The third-order valence-corrected chi connectivity index (χ3v) is 2.57. The highest BCUT2D eigenvalue weighted by atomic mass is 35.5. The van der Waals surface area contributed by atoms with Gasteiger partial charge in [-0.1, -0.05) is 18.2 Å². The molecule has 0 saturated heterocycles. The lowest BCUT2D eigenvalue weighted by Gasteiger charge is -1.99. The molecule has 14 heavy (non-hydrogen) atoms. The fourth-order valence-corrected chi connectivity index (χ4v) is 1.65. The zero-order valence-corrected chi connectivity index (χ0v) is 8.73. The average Bonchev–Trinajstić information content (AvgIpc) is 2.62. The second-order valence-corrected chi connectivity index (χ2v) is 3.45. The Balaban J connectivity index is 2.73. The van der Waals surface area contributed by atoms with Gasteiger partial charge in [0.15, 0.2) is 0 Å². The SMILES string of the molecule is C=C(CCl)c1c[nH]c2ncnc(Cl)c12. The summed E-state index contributed by atoms with van der Waals surface area (Å²) in [6.07, 6.45) is 3.20. The normalized spacial score (nSPS) is 10.7. The standard InChI is InChI=1S/C9H7Cl2N3/c1-5(2-10)6-3-12-9-7(6)8(11)13-4-14-9/h3-4H,1-2H2,(H,12,13,14). The lowest BCUT2D eigenvalue weighted by molar-refractivity contribution is 1.20. The van der Waals surface area contributed by atoms with Crippen LogP contribution in [0.3, 0.4) is 0 Å². The molecule has 0 amide bonds. The molecule has 2 aromatic rings. The van der Waals surface area contributed by atoms with Crippen molar-refractivity contribution in [1.82, 2.24) is 15.0 Å². The van der Waals surface area contributed by atoms with Gasteiger partial charge in [0.1, 0.15) is 17.1 Å². The van der Waals surface area contributed by atoms with Crippen LogP contribution < -0.4 is 0 Å². The van der Waals surface area contributed by atoms with Crippen LogP contribution in [0.1, 0.15) is 5.56 Å². The Morgan fingerprint density at radius 3 is 3.00 bits per heavy atom. The number of halogens is 2. The van der Waals surface area contributed by atoms with E-state index < -0.39 is 0 Å². The fourth-order valence-electron chi connectivity index (χ4n) is 1.28. The van der Waals surface area contributed by atoms with Crippen LogP contribution in [0.15, 0.2) is 19.1 Å². The van der Waals surface area contributed by atoms with Crippen molar-refractivity contribution in [3.63, 3.8) is 0 Å². The third-order valence-electron chi connectivity index (χ3n) is 1.97. The summed E-state index contributed by atoms with van der Waals surface area (Å²) in [6, 6.07) is 0. The lowest BCUT2D eigenvalue weighted by Crippen LogP contribution is -1.85. The molecule has 72 valence electrons. The maximum atomic E-state index is 5.95. The molecule has 0 aliphatic carbocycles. The number of rotatable bonds is 2. The third kappa shape index (κ3) is 1.38. The van der Waals surface area contributed by atoms with E-state index in [0.717, 1.165) is 16.5 Å². The van der Waals surface area contributed by atoms with Crippen LogP contribution in [0.25, 0.3) is 16.6 Å². The predicted molar refractivity (Wildman–Crippen MR) is 58.7 cm³/mol. The molecule has 2 aromatic heterocycles. The molecule has 0 spiro atoms. The number of fused-ring (bicyclic) bond motifs is 1. The monoisotopic (exact) mass is 227 g/mol. The van der Waals surface area contributed by atoms with Gasteiger partial charge >= 0.3 is 0 Å². The molecule has 0 aliphatic heterocycles. The topological polar surface area (TPSA) is 41.6 Å². The van der Waals surface area contributed by atoms with Crippen LogP contribution >= 0.6 is 23.2 Å². The minimum Gasteiger partial charge on any atom is -0.345 e. The van der Waals surface area contributed by atoms with Crippen molar-refractivity contribution in [2.24, 2.45) is 0 Å². The van der Waals surface area contributed by atoms with Crippen molar-refractivity contribution in [3.8, 4) is 0 Å². The Bertz CT molecular complexity index is 490. The molecule has 2 rings (SSSR count). The molecule has 0 saturated carbocycles. The van der Waals surface area contributed by atoms with E-state index in [0.29, 0.717) is 16.7 Å². The molecule has 0 aromatic carbocycles. The number of allylic oxidation sites excluding steroid dienone is 1. The Hall–Kier alpha value is -1.06. The molecule has 0 aliphatic rings. The zero-order valence-electron chi connectivity index (χ0n) is 7.22. The van der Waals surface area contributed by atoms with E-state index in [-0.39, 0.29) is 0 Å². The van der Waals surface area contributed by atoms with E-state index in [9.17, 15) is 0 Å². The van der Waals surface area contributed by atoms with E-state index in [4.69, 9.17) is 23.2 Å². The van der Waals surface area contributed by atoms with Crippen molar-refractivity contribution >= 4 is 39.8 Å². The highest BCUT2D eigenvalue weighted by Gasteiger charge is 2.10. The van der Waals surface area contributed by atoms with Crippen LogP contribution in [0.5, 0.6) is 0 Å². The van der Waals surface area contributed by atoms with Crippen molar-refractivity contribution in [3.05, 3.63) is 29.8 Å². The first-order valence-corrected chi connectivity index (χ1v) is 4.87. The number of nitrogens with zero attached hydrogens (tertiary/aromatic N) is 2. The molecule has 5 heteroatoms. The molecule has 0 bridgehead atoms. The second-order valence-electron chi connectivity index (χ2n) is 2.83. The van der Waals surface area contributed by atoms with Crippen molar-refractivity contribution in [2.75, 3.05) is 5.88 Å². The number of H-pyrrole nitrogens is 1. The smallest absolute Gasteiger partial charge is 0.142 e. The van der Waals surface area contributed by atoms with E-state index >= 15 is 0 Å². The molecule has 2 heterocycles. The van der Waals surface area contributed by atoms with Gasteiger partial charge in [-0.2, -0.15) is 0 Å². The van der Waals surface area contributed by atoms with Gasteiger partial charge in [-0.05, 0) is 5.57 Å². The van der Waals surface area contributed by atoms with Crippen LogP contribution in [-0.4, -0.2) is 20.8 Å². The molecule has 0 fully saturated rings. The van der Waals surface area contributed by atoms with Gasteiger partial charge in [-0.3, -0.25) is 0 Å². The quantitative estimate of drug-likeness (QED) is 0.634. The number of hydrogen-bond donors (Lipinski definition) is 1. The Kier molecular flexibility index (Phi) is 2.44. The number of nitrogens with one attached hydrogen (secondary N) is 1. The summed E-state index contributed by atoms with van der Waals surface area (Å²) < 4.78 is 0. The van der Waals surface area contributed by atoms with Crippen molar-refractivity contribution < 1.29 is 0 Å². The Morgan fingerprint density at radius 1 is 1.50 bits per heavy atom. The van der Waals surface area contributed by atoms with Gasteiger partial charge in [0.05, 0.1) is 5.39 Å². The molecular weight excluding hydrogens is 221 g/mol. The predicted octanol–water partition coefficient (Wildman–Crippen LogP) is 2.86. The number of hydrogen-bond acceptors (Lipinski definition) is 2. The molecule has 0 unspecified atom stereocenters. The summed E-state index contributed by atoms with van der Waals surface area (Å²) in [5.41, 5.74) is 2.38. The minimum atomic E-state index is 0.359. The largest absolute Gasteiger partial charge is 0.345 e. The van der Waals surface area contributed by atoms with Gasteiger partial charge < -0.3 is 4.98 Å². The highest BCUT2D eigenvalue weighted by molar-refractivity contribution is 6.35. The Morgan fingerprint density at radius 2 is 2.29 bits per heavy atom. The summed E-state index contributed by atoms with van der Waals surface area (Å²) in [5.74, 6) is 0.359. The summed E-state index contributed by atoms with van der Waals surface area (Å²) in [4.78, 5) is 10.9. The first-order valence-electron chi connectivity index (χ1n) is 3.95. The van der Waals surface area contributed by atoms with Crippen molar-refractivity contribution in [1.29, 1.82) is 0 Å². The zero-order chi connectivity index (χ0) is 10.1. The molecule has 0 atom stereocenters. The maximum Gasteiger partial charge on any atom is 0.142 e. The number of alkyl halides is 1. The van der Waals surface area contributed by atoms with Gasteiger partial charge in [-0.15, -0.1) is 11.6 Å². The molecule has 3 nitrogen and oxygen atoms in total. The van der Waals surface area contributed by atoms with Crippen LogP contribution in [0.4, 0.5) is 0 Å². The molecule has 1 N–H and O–H groups in total. The lowest BCUT2D eigenvalue weighted by atomic mass is 10.1. The second kappa shape index (κ2) is 3.59. The molecule has 0 radical (unpaired) electrons. The van der Waals surface area contributed by atoms with E-state index in [2.05, 4.69) is 21.5 Å². The van der Waals surface area contributed by atoms with Crippen molar-refractivity contribution in [2.45, 2.75) is 0 Å². The maximum absolute atomic E-state index is 5.95. The first kappa shape index (κ1) is 9.49. The van der Waals surface area contributed by atoms with Gasteiger partial charge in [0, 0.05) is 17.6 Å². The van der Waals surface area contributed by atoms with Gasteiger partial charge in [-0.25, -0.2) is 9.97 Å². The summed E-state index contributed by atoms with van der Waals surface area (Å²) in [5, 5.41) is 1.19. The average molecular weight is 228 g/mol. The number of aromatic amines is 1. The van der Waals surface area contributed by atoms with E-state index in [1.165, 1.54) is 6.33 Å². The van der Waals surface area contributed by atoms with Gasteiger partial charge in [0.2, 0.25) is 0 Å². The van der Waals surface area contributed by atoms with Crippen LogP contribution in [0.2, 0.25) is 5.15 Å². The molecular formula is C9H7Cl2N3. The number of aromatic nitrogens is 3. The summed E-state index contributed by atoms with van der Waals surface area (Å²) in [6.45, 7) is 3.84. The summed E-state index contributed by atoms with van der Waals surface area (Å²) >= 11 is 11.6.